The van der Waals surface area contributed by atoms with Crippen molar-refractivity contribution in [2.75, 3.05) is 18.5 Å². The summed E-state index contributed by atoms with van der Waals surface area (Å²) in [5.41, 5.74) is 1.94. The van der Waals surface area contributed by atoms with Crippen molar-refractivity contribution in [2.24, 2.45) is 5.92 Å². The van der Waals surface area contributed by atoms with Gasteiger partial charge in [0.2, 0.25) is 0 Å². The van der Waals surface area contributed by atoms with Crippen LogP contribution in [0.5, 0.6) is 0 Å². The monoisotopic (exact) mass is 229 g/mol. The molecule has 1 heterocycles. The van der Waals surface area contributed by atoms with Gasteiger partial charge in [0.25, 0.3) is 0 Å². The second kappa shape index (κ2) is 5.28. The fourth-order valence-electron chi connectivity index (χ4n) is 1.08. The number of hydrogen-bond donors (Lipinski definition) is 2. The van der Waals surface area contributed by atoms with Crippen molar-refractivity contribution in [3.63, 3.8) is 0 Å². The Morgan fingerprint density at radius 3 is 2.60 bits per heavy atom. The molecule has 2 N–H and O–H groups in total. The standard InChI is InChI=1S/C10H16ClN3O/c1-6(5-15)4-12-10-8(3)7(2)9(11)13-14-10/h6,15H,4-5H2,1-3H3,(H,12,14)/t6-/m0/s1. The molecule has 15 heavy (non-hydrogen) atoms. The number of aromatic nitrogens is 2. The van der Waals surface area contributed by atoms with Crippen molar-refractivity contribution < 1.29 is 5.11 Å². The van der Waals surface area contributed by atoms with Crippen LogP contribution in [-0.4, -0.2) is 28.5 Å². The topological polar surface area (TPSA) is 58.0 Å². The average molecular weight is 230 g/mol. The second-order valence-electron chi connectivity index (χ2n) is 3.76. The van der Waals surface area contributed by atoms with Gasteiger partial charge in [0.1, 0.15) is 0 Å². The predicted octanol–water partition coefficient (Wildman–Crippen LogP) is 1.79. The summed E-state index contributed by atoms with van der Waals surface area (Å²) in [6.45, 7) is 6.65. The lowest BCUT2D eigenvalue weighted by atomic mass is 10.1. The summed E-state index contributed by atoms with van der Waals surface area (Å²) < 4.78 is 0. The highest BCUT2D eigenvalue weighted by Crippen LogP contribution is 2.20. The van der Waals surface area contributed by atoms with Crippen molar-refractivity contribution in [3.8, 4) is 0 Å². The predicted molar refractivity (Wildman–Crippen MR) is 61.3 cm³/mol. The molecular formula is C10H16ClN3O. The molecule has 1 aromatic heterocycles. The molecule has 5 heteroatoms. The van der Waals surface area contributed by atoms with Gasteiger partial charge in [-0.15, -0.1) is 10.2 Å². The molecule has 1 aromatic rings. The highest BCUT2D eigenvalue weighted by Gasteiger charge is 2.08. The van der Waals surface area contributed by atoms with E-state index >= 15 is 0 Å². The lowest BCUT2D eigenvalue weighted by Crippen LogP contribution is -2.16. The summed E-state index contributed by atoms with van der Waals surface area (Å²) in [6.07, 6.45) is 0. The summed E-state index contributed by atoms with van der Waals surface area (Å²) in [6, 6.07) is 0. The summed E-state index contributed by atoms with van der Waals surface area (Å²) in [5, 5.41) is 20.3. The van der Waals surface area contributed by atoms with E-state index in [1.54, 1.807) is 0 Å². The molecule has 84 valence electrons. The largest absolute Gasteiger partial charge is 0.396 e. The minimum absolute atomic E-state index is 0.159. The minimum Gasteiger partial charge on any atom is -0.396 e. The van der Waals surface area contributed by atoms with E-state index in [-0.39, 0.29) is 12.5 Å². The average Bonchev–Trinajstić information content (AvgIpc) is 2.24. The number of halogens is 1. The van der Waals surface area contributed by atoms with Crippen molar-refractivity contribution in [1.82, 2.24) is 10.2 Å². The summed E-state index contributed by atoms with van der Waals surface area (Å²) in [7, 11) is 0. The quantitative estimate of drug-likeness (QED) is 0.827. The molecule has 0 aliphatic heterocycles. The molecule has 0 saturated heterocycles. The maximum absolute atomic E-state index is 8.88. The Kier molecular flexibility index (Phi) is 4.29. The lowest BCUT2D eigenvalue weighted by Gasteiger charge is -2.12. The van der Waals surface area contributed by atoms with E-state index in [0.717, 1.165) is 16.9 Å². The lowest BCUT2D eigenvalue weighted by molar-refractivity contribution is 0.244. The van der Waals surface area contributed by atoms with Crippen LogP contribution in [0.3, 0.4) is 0 Å². The number of nitrogens with one attached hydrogen (secondary N) is 1. The third kappa shape index (κ3) is 3.04. The maximum atomic E-state index is 8.88. The number of nitrogens with zero attached hydrogens (tertiary/aromatic N) is 2. The zero-order valence-corrected chi connectivity index (χ0v) is 9.97. The van der Waals surface area contributed by atoms with E-state index in [1.807, 2.05) is 20.8 Å². The number of anilines is 1. The maximum Gasteiger partial charge on any atom is 0.155 e. The van der Waals surface area contributed by atoms with Crippen LogP contribution in [0.25, 0.3) is 0 Å². The van der Waals surface area contributed by atoms with Gasteiger partial charge in [0, 0.05) is 13.2 Å². The Labute approximate surface area is 94.7 Å². The van der Waals surface area contributed by atoms with Crippen LogP contribution in [-0.2, 0) is 0 Å². The Balaban J connectivity index is 2.74. The Hall–Kier alpha value is -0.870. The van der Waals surface area contributed by atoms with Gasteiger partial charge in [0.15, 0.2) is 11.0 Å². The van der Waals surface area contributed by atoms with E-state index in [0.29, 0.717) is 11.7 Å². The molecule has 4 nitrogen and oxygen atoms in total. The fraction of sp³-hybridized carbons (Fsp3) is 0.600. The molecule has 1 atom stereocenters. The molecule has 1 rings (SSSR count). The molecule has 0 amide bonds. The molecule has 0 unspecified atom stereocenters. The van der Waals surface area contributed by atoms with Gasteiger partial charge >= 0.3 is 0 Å². The first-order chi connectivity index (χ1) is 7.06. The first-order valence-corrected chi connectivity index (χ1v) is 5.28. The zero-order valence-electron chi connectivity index (χ0n) is 9.21. The van der Waals surface area contributed by atoms with Crippen LogP contribution >= 0.6 is 11.6 Å². The number of hydrogen-bond acceptors (Lipinski definition) is 4. The van der Waals surface area contributed by atoms with Gasteiger partial charge in [-0.25, -0.2) is 0 Å². The Morgan fingerprint density at radius 1 is 1.33 bits per heavy atom. The van der Waals surface area contributed by atoms with Crippen LogP contribution < -0.4 is 5.32 Å². The van der Waals surface area contributed by atoms with Crippen molar-refractivity contribution in [2.45, 2.75) is 20.8 Å². The van der Waals surface area contributed by atoms with Crippen molar-refractivity contribution in [3.05, 3.63) is 16.3 Å². The first-order valence-electron chi connectivity index (χ1n) is 4.90. The van der Waals surface area contributed by atoms with Gasteiger partial charge in [-0.1, -0.05) is 18.5 Å². The SMILES string of the molecule is Cc1c(Cl)nnc(NC[C@H](C)CO)c1C. The van der Waals surface area contributed by atoms with E-state index in [9.17, 15) is 0 Å². The third-order valence-corrected chi connectivity index (χ3v) is 2.75. The summed E-state index contributed by atoms with van der Waals surface area (Å²) >= 11 is 5.83. The number of aliphatic hydroxyl groups is 1. The molecule has 0 aliphatic carbocycles. The zero-order chi connectivity index (χ0) is 11.4. The summed E-state index contributed by atoms with van der Waals surface area (Å²) in [5.74, 6) is 0.930. The Bertz CT molecular complexity index is 344. The molecular weight excluding hydrogens is 214 g/mol. The van der Waals surface area contributed by atoms with Crippen molar-refractivity contribution >= 4 is 17.4 Å². The van der Waals surface area contributed by atoms with Gasteiger partial charge in [-0.2, -0.15) is 0 Å². The second-order valence-corrected chi connectivity index (χ2v) is 4.12. The minimum atomic E-state index is 0.159. The van der Waals surface area contributed by atoms with Crippen LogP contribution in [0.2, 0.25) is 5.15 Å². The fourth-order valence-corrected chi connectivity index (χ4v) is 1.26. The smallest absolute Gasteiger partial charge is 0.155 e. The molecule has 0 fully saturated rings. The van der Waals surface area contributed by atoms with Gasteiger partial charge in [0.05, 0.1) is 0 Å². The third-order valence-electron chi connectivity index (χ3n) is 2.39. The molecule has 0 aromatic carbocycles. The van der Waals surface area contributed by atoms with Crippen LogP contribution in [0, 0.1) is 19.8 Å². The van der Waals surface area contributed by atoms with Crippen LogP contribution in [0.15, 0.2) is 0 Å². The van der Waals surface area contributed by atoms with Crippen molar-refractivity contribution in [1.29, 1.82) is 0 Å². The molecule has 0 spiro atoms. The van der Waals surface area contributed by atoms with Gasteiger partial charge in [-0.05, 0) is 30.9 Å². The highest BCUT2D eigenvalue weighted by atomic mass is 35.5. The van der Waals surface area contributed by atoms with Gasteiger partial charge in [-0.3, -0.25) is 0 Å². The number of aliphatic hydroxyl groups excluding tert-OH is 1. The van der Waals surface area contributed by atoms with E-state index in [1.165, 1.54) is 0 Å². The summed E-state index contributed by atoms with van der Waals surface area (Å²) in [4.78, 5) is 0. The Morgan fingerprint density at radius 2 is 2.00 bits per heavy atom. The van der Waals surface area contributed by atoms with Gasteiger partial charge < -0.3 is 10.4 Å². The normalized spacial score (nSPS) is 12.6. The molecule has 0 bridgehead atoms. The van der Waals surface area contributed by atoms with E-state index in [4.69, 9.17) is 16.7 Å². The van der Waals surface area contributed by atoms with E-state index in [2.05, 4.69) is 15.5 Å². The molecule has 0 saturated carbocycles. The van der Waals surface area contributed by atoms with Crippen LogP contribution in [0.4, 0.5) is 5.82 Å². The molecule has 0 aliphatic rings. The number of rotatable bonds is 4. The molecule has 0 radical (unpaired) electrons. The van der Waals surface area contributed by atoms with E-state index < -0.39 is 0 Å². The highest BCUT2D eigenvalue weighted by molar-refractivity contribution is 6.30. The van der Waals surface area contributed by atoms with Crippen LogP contribution in [0.1, 0.15) is 18.1 Å². The first kappa shape index (κ1) is 12.2.